The average Bonchev–Trinajstić information content (AvgIpc) is 3.41. The van der Waals surface area contributed by atoms with Crippen LogP contribution in [-0.4, -0.2) is 84.7 Å². The standard InChI is InChI=1S/C28H40N6O3S/c1-32-13-7-6-10-24(32)26(35)33-14-16-34(17-15-33)31-27(36)30-28-29-23(19-38-28)21-11-12-22(25(18-21)37-2)20-8-4-3-5-9-20/h11-12,18-20,24H,3-10,13-17H2,1-2H3,(H2,29,30,31,36). The van der Waals surface area contributed by atoms with Crippen LogP contribution in [0.3, 0.4) is 0 Å². The molecule has 2 saturated heterocycles. The fraction of sp³-hybridized carbons (Fsp3) is 0.607. The van der Waals surface area contributed by atoms with Gasteiger partial charge in [-0.3, -0.25) is 20.4 Å². The molecule has 1 atom stereocenters. The number of amides is 3. The first-order valence-corrected chi connectivity index (χ1v) is 14.8. The van der Waals surface area contributed by atoms with E-state index < -0.39 is 0 Å². The van der Waals surface area contributed by atoms with E-state index in [-0.39, 0.29) is 18.0 Å². The molecule has 2 aliphatic heterocycles. The molecule has 0 radical (unpaired) electrons. The summed E-state index contributed by atoms with van der Waals surface area (Å²) < 4.78 is 5.74. The summed E-state index contributed by atoms with van der Waals surface area (Å²) in [6.45, 7) is 3.42. The molecule has 0 bridgehead atoms. The van der Waals surface area contributed by atoms with Gasteiger partial charge in [0.1, 0.15) is 5.75 Å². The Kier molecular flexibility index (Phi) is 8.81. The molecular weight excluding hydrogens is 500 g/mol. The molecule has 3 aliphatic rings. The van der Waals surface area contributed by atoms with E-state index in [1.807, 2.05) is 22.3 Å². The summed E-state index contributed by atoms with van der Waals surface area (Å²) in [4.78, 5) is 34.3. The lowest BCUT2D eigenvalue weighted by atomic mass is 9.83. The molecule has 1 aromatic heterocycles. The molecular formula is C28H40N6O3S. The molecule has 1 aliphatic carbocycles. The highest BCUT2D eigenvalue weighted by Crippen LogP contribution is 2.39. The van der Waals surface area contributed by atoms with Crippen LogP contribution in [0.15, 0.2) is 23.6 Å². The monoisotopic (exact) mass is 540 g/mol. The van der Waals surface area contributed by atoms with Crippen molar-refractivity contribution >= 4 is 28.4 Å². The number of urea groups is 1. The lowest BCUT2D eigenvalue weighted by molar-refractivity contribution is -0.139. The molecule has 38 heavy (non-hydrogen) atoms. The van der Waals surface area contributed by atoms with Gasteiger partial charge in [0.15, 0.2) is 5.13 Å². The van der Waals surface area contributed by atoms with E-state index in [0.717, 1.165) is 42.8 Å². The maximum absolute atomic E-state index is 12.9. The number of hydrogen-bond acceptors (Lipinski definition) is 7. The van der Waals surface area contributed by atoms with Crippen LogP contribution in [0.25, 0.3) is 11.3 Å². The molecule has 2 aromatic rings. The smallest absolute Gasteiger partial charge is 0.335 e. The first-order chi connectivity index (χ1) is 18.5. The number of carbonyl (C=O) groups is 2. The minimum atomic E-state index is -0.317. The fourth-order valence-electron chi connectivity index (χ4n) is 5.99. The second kappa shape index (κ2) is 12.4. The molecule has 3 amide bonds. The molecule has 1 unspecified atom stereocenters. The Morgan fingerprint density at radius 1 is 1.00 bits per heavy atom. The first-order valence-electron chi connectivity index (χ1n) is 14.0. The van der Waals surface area contributed by atoms with Crippen LogP contribution in [0.5, 0.6) is 5.75 Å². The number of methoxy groups -OCH3 is 1. The Balaban J connectivity index is 1.12. The number of nitrogens with one attached hydrogen (secondary N) is 2. The summed E-state index contributed by atoms with van der Waals surface area (Å²) in [7, 11) is 3.77. The highest BCUT2D eigenvalue weighted by atomic mass is 32.1. The minimum absolute atomic E-state index is 0.00547. The number of piperazine rings is 1. The van der Waals surface area contributed by atoms with E-state index in [9.17, 15) is 9.59 Å². The van der Waals surface area contributed by atoms with Gasteiger partial charge in [0, 0.05) is 37.1 Å². The Hall–Kier alpha value is -2.69. The minimum Gasteiger partial charge on any atom is -0.496 e. The molecule has 0 spiro atoms. The van der Waals surface area contributed by atoms with Crippen molar-refractivity contribution in [3.8, 4) is 17.0 Å². The van der Waals surface area contributed by atoms with Crippen LogP contribution in [0.1, 0.15) is 62.8 Å². The second-order valence-corrected chi connectivity index (χ2v) is 11.6. The van der Waals surface area contributed by atoms with Gasteiger partial charge < -0.3 is 9.64 Å². The normalized spacial score (nSPS) is 21.7. The van der Waals surface area contributed by atoms with Gasteiger partial charge in [-0.2, -0.15) is 0 Å². The van der Waals surface area contributed by atoms with Crippen LogP contribution >= 0.6 is 11.3 Å². The zero-order valence-corrected chi connectivity index (χ0v) is 23.4. The molecule has 3 fully saturated rings. The van der Waals surface area contributed by atoms with Gasteiger partial charge in [0.2, 0.25) is 5.91 Å². The van der Waals surface area contributed by atoms with Crippen LogP contribution in [0.4, 0.5) is 9.93 Å². The Labute approximate surface area is 229 Å². The number of nitrogens with zero attached hydrogens (tertiary/aromatic N) is 4. The van der Waals surface area contributed by atoms with Gasteiger partial charge in [0.25, 0.3) is 0 Å². The van der Waals surface area contributed by atoms with Gasteiger partial charge in [-0.15, -0.1) is 11.3 Å². The number of rotatable bonds is 6. The third-order valence-electron chi connectivity index (χ3n) is 8.21. The van der Waals surface area contributed by atoms with E-state index in [0.29, 0.717) is 37.2 Å². The Morgan fingerprint density at radius 3 is 2.50 bits per heavy atom. The average molecular weight is 541 g/mol. The van der Waals surface area contributed by atoms with Crippen molar-refractivity contribution in [2.45, 2.75) is 63.3 Å². The van der Waals surface area contributed by atoms with Gasteiger partial charge in [0.05, 0.1) is 18.8 Å². The number of hydrazine groups is 1. The number of aromatic nitrogens is 1. The summed E-state index contributed by atoms with van der Waals surface area (Å²) in [5.41, 5.74) is 6.00. The Bertz CT molecular complexity index is 1110. The number of hydrogen-bond donors (Lipinski definition) is 2. The maximum Gasteiger partial charge on any atom is 0.335 e. The maximum atomic E-state index is 12.9. The highest BCUT2D eigenvalue weighted by Gasteiger charge is 2.31. The third-order valence-corrected chi connectivity index (χ3v) is 8.96. The van der Waals surface area contributed by atoms with Crippen LogP contribution in [0.2, 0.25) is 0 Å². The Morgan fingerprint density at radius 2 is 1.76 bits per heavy atom. The molecule has 9 nitrogen and oxygen atoms in total. The summed E-state index contributed by atoms with van der Waals surface area (Å²) in [6.07, 6.45) is 9.54. The van der Waals surface area contributed by atoms with E-state index in [1.54, 1.807) is 7.11 Å². The van der Waals surface area contributed by atoms with E-state index >= 15 is 0 Å². The number of anilines is 1. The predicted octanol–water partition coefficient (Wildman–Crippen LogP) is 4.53. The molecule has 5 rings (SSSR count). The molecule has 2 N–H and O–H groups in total. The predicted molar refractivity (Wildman–Crippen MR) is 151 cm³/mol. The number of carbonyl (C=O) groups excluding carboxylic acids is 2. The first kappa shape index (κ1) is 26.9. The van der Waals surface area contributed by atoms with Crippen molar-refractivity contribution in [3.63, 3.8) is 0 Å². The van der Waals surface area contributed by atoms with Gasteiger partial charge >= 0.3 is 6.03 Å². The van der Waals surface area contributed by atoms with E-state index in [4.69, 9.17) is 4.74 Å². The van der Waals surface area contributed by atoms with Crippen LogP contribution < -0.4 is 15.5 Å². The quantitative estimate of drug-likeness (QED) is 0.560. The lowest BCUT2D eigenvalue weighted by Gasteiger charge is -2.39. The van der Waals surface area contributed by atoms with Crippen molar-refractivity contribution in [3.05, 3.63) is 29.1 Å². The van der Waals surface area contributed by atoms with Crippen molar-refractivity contribution in [1.82, 2.24) is 25.2 Å². The number of ether oxygens (including phenoxy) is 1. The number of benzene rings is 1. The number of likely N-dealkylation sites (N-methyl/N-ethyl adjacent to an activating group) is 1. The lowest BCUT2D eigenvalue weighted by Crippen LogP contribution is -2.58. The van der Waals surface area contributed by atoms with Gasteiger partial charge in [-0.1, -0.05) is 37.8 Å². The van der Waals surface area contributed by atoms with Gasteiger partial charge in [-0.25, -0.2) is 14.8 Å². The highest BCUT2D eigenvalue weighted by molar-refractivity contribution is 7.14. The van der Waals surface area contributed by atoms with Crippen LogP contribution in [-0.2, 0) is 4.79 Å². The number of likely N-dealkylation sites (tertiary alicyclic amines) is 1. The van der Waals surface area contributed by atoms with Crippen molar-refractivity contribution < 1.29 is 14.3 Å². The molecule has 206 valence electrons. The topological polar surface area (TPSA) is 90.0 Å². The van der Waals surface area contributed by atoms with Crippen molar-refractivity contribution in [2.24, 2.45) is 0 Å². The zero-order valence-electron chi connectivity index (χ0n) is 22.6. The van der Waals surface area contributed by atoms with Crippen molar-refractivity contribution in [1.29, 1.82) is 0 Å². The summed E-state index contributed by atoms with van der Waals surface area (Å²) in [6, 6.07) is 6.03. The molecule has 1 saturated carbocycles. The molecule has 3 heterocycles. The zero-order chi connectivity index (χ0) is 26.5. The summed E-state index contributed by atoms with van der Waals surface area (Å²) in [5, 5.41) is 7.23. The molecule has 10 heteroatoms. The SMILES string of the molecule is COc1cc(-c2csc(NC(=O)NN3CCN(C(=O)C4CCCCN4C)CC3)n2)ccc1C1CCCCC1. The van der Waals surface area contributed by atoms with E-state index in [1.165, 1.54) is 49.0 Å². The van der Waals surface area contributed by atoms with E-state index in [2.05, 4.69) is 38.8 Å². The van der Waals surface area contributed by atoms with Crippen LogP contribution in [0, 0.1) is 0 Å². The number of piperidine rings is 1. The van der Waals surface area contributed by atoms with Gasteiger partial charge in [-0.05, 0) is 56.8 Å². The summed E-state index contributed by atoms with van der Waals surface area (Å²) in [5.74, 6) is 1.70. The third kappa shape index (κ3) is 6.30. The molecule has 1 aromatic carbocycles. The number of thiazole rings is 1. The summed E-state index contributed by atoms with van der Waals surface area (Å²) >= 11 is 1.40. The van der Waals surface area contributed by atoms with Crippen molar-refractivity contribution in [2.75, 3.05) is 52.2 Å². The second-order valence-electron chi connectivity index (χ2n) is 10.7. The largest absolute Gasteiger partial charge is 0.496 e. The fourth-order valence-corrected chi connectivity index (χ4v) is 6.70.